The van der Waals surface area contributed by atoms with Crippen LogP contribution in [0.3, 0.4) is 0 Å². The average molecular weight is 608 g/mol. The molecule has 0 bridgehead atoms. The molecule has 4 heterocycles. The molecule has 9 nitrogen and oxygen atoms in total. The van der Waals surface area contributed by atoms with E-state index in [1.54, 1.807) is 11.8 Å². The number of thioether (sulfide) groups is 1. The molecule has 2 atom stereocenters. The zero-order valence-electron chi connectivity index (χ0n) is 25.5. The van der Waals surface area contributed by atoms with Crippen molar-refractivity contribution >= 4 is 40.3 Å². The lowest BCUT2D eigenvalue weighted by atomic mass is 9.92. The van der Waals surface area contributed by atoms with E-state index >= 15 is 0 Å². The second-order valence-electron chi connectivity index (χ2n) is 13.1. The van der Waals surface area contributed by atoms with E-state index in [0.717, 1.165) is 41.8 Å². The van der Waals surface area contributed by atoms with Crippen molar-refractivity contribution < 1.29 is 15.8 Å². The van der Waals surface area contributed by atoms with Gasteiger partial charge in [0.1, 0.15) is 5.37 Å². The third-order valence-corrected chi connectivity index (χ3v) is 10.4. The Labute approximate surface area is 259 Å². The van der Waals surface area contributed by atoms with Gasteiger partial charge in [-0.1, -0.05) is 51.1 Å². The molecular weight excluding hydrogens is 562 g/mol. The van der Waals surface area contributed by atoms with Crippen LogP contribution in [0.15, 0.2) is 53.3 Å². The SMILES string of the molecule is CC(C)(C)CCN1C(=O)C(CC(=O)N2CCC(n3c(=O)[nH]c4ccccc43)CC2)SC1c1ccccc1N1CCOCC1.[HH]. The van der Waals surface area contributed by atoms with E-state index in [-0.39, 0.29) is 42.2 Å². The van der Waals surface area contributed by atoms with Crippen molar-refractivity contribution in [3.05, 3.63) is 64.6 Å². The minimum Gasteiger partial charge on any atom is -0.378 e. The fraction of sp³-hybridized carbons (Fsp3) is 0.545. The highest BCUT2D eigenvalue weighted by Gasteiger charge is 2.44. The van der Waals surface area contributed by atoms with Gasteiger partial charge in [-0.05, 0) is 42.9 Å². The molecule has 10 heteroatoms. The van der Waals surface area contributed by atoms with Crippen molar-refractivity contribution in [2.75, 3.05) is 50.8 Å². The topological polar surface area (TPSA) is 90.9 Å². The molecule has 1 aromatic heterocycles. The zero-order chi connectivity index (χ0) is 30.1. The summed E-state index contributed by atoms with van der Waals surface area (Å²) in [6.07, 6.45) is 2.51. The van der Waals surface area contributed by atoms with Gasteiger partial charge in [0, 0.05) is 57.9 Å². The summed E-state index contributed by atoms with van der Waals surface area (Å²) in [6, 6.07) is 16.2. The maximum absolute atomic E-state index is 13.9. The van der Waals surface area contributed by atoms with Crippen molar-refractivity contribution in [2.45, 2.75) is 63.1 Å². The molecule has 6 rings (SSSR count). The minimum absolute atomic E-state index is 0. The highest BCUT2D eigenvalue weighted by atomic mass is 32.2. The van der Waals surface area contributed by atoms with E-state index in [2.05, 4.69) is 48.9 Å². The van der Waals surface area contributed by atoms with Crippen LogP contribution in [-0.4, -0.2) is 82.4 Å². The van der Waals surface area contributed by atoms with E-state index in [0.29, 0.717) is 45.7 Å². The van der Waals surface area contributed by atoms with Crippen LogP contribution < -0.4 is 10.6 Å². The molecule has 232 valence electrons. The fourth-order valence-electron chi connectivity index (χ4n) is 6.53. The number of carbonyl (C=O) groups is 2. The minimum atomic E-state index is -0.413. The molecule has 2 unspecified atom stereocenters. The second kappa shape index (κ2) is 12.4. The fourth-order valence-corrected chi connectivity index (χ4v) is 8.04. The molecule has 3 saturated heterocycles. The van der Waals surface area contributed by atoms with Gasteiger partial charge in [-0.3, -0.25) is 14.2 Å². The van der Waals surface area contributed by atoms with Gasteiger partial charge in [-0.2, -0.15) is 0 Å². The number of aromatic nitrogens is 2. The van der Waals surface area contributed by atoms with Gasteiger partial charge in [-0.25, -0.2) is 4.79 Å². The number of fused-ring (bicyclic) bond motifs is 1. The molecule has 2 aromatic carbocycles. The molecular formula is C33H45N5O4S. The number of aromatic amines is 1. The Kier molecular flexibility index (Phi) is 8.60. The summed E-state index contributed by atoms with van der Waals surface area (Å²) in [5, 5.41) is -0.546. The summed E-state index contributed by atoms with van der Waals surface area (Å²) in [6.45, 7) is 11.5. The Bertz CT molecular complexity index is 1520. The number of likely N-dealkylation sites (tertiary alicyclic amines) is 1. The number of para-hydroxylation sites is 3. The molecule has 0 aliphatic carbocycles. The zero-order valence-corrected chi connectivity index (χ0v) is 26.3. The maximum atomic E-state index is 13.9. The number of hydrogen-bond acceptors (Lipinski definition) is 6. The molecule has 43 heavy (non-hydrogen) atoms. The number of imidazole rings is 1. The van der Waals surface area contributed by atoms with Crippen LogP contribution >= 0.6 is 11.8 Å². The molecule has 2 amide bonds. The monoisotopic (exact) mass is 607 g/mol. The third kappa shape index (κ3) is 6.36. The van der Waals surface area contributed by atoms with Gasteiger partial charge in [0.05, 0.1) is 29.5 Å². The van der Waals surface area contributed by atoms with E-state index in [1.807, 2.05) is 44.7 Å². The van der Waals surface area contributed by atoms with Gasteiger partial charge in [0.2, 0.25) is 11.8 Å². The first-order valence-electron chi connectivity index (χ1n) is 15.5. The van der Waals surface area contributed by atoms with E-state index in [1.165, 1.54) is 0 Å². The quantitative estimate of drug-likeness (QED) is 0.405. The summed E-state index contributed by atoms with van der Waals surface area (Å²) < 4.78 is 7.44. The number of carbonyl (C=O) groups excluding carboxylic acids is 2. The van der Waals surface area contributed by atoms with Gasteiger partial charge in [0.15, 0.2) is 0 Å². The Morgan fingerprint density at radius 1 is 1.00 bits per heavy atom. The number of amides is 2. The summed E-state index contributed by atoms with van der Waals surface area (Å²) in [5.41, 5.74) is 4.02. The highest BCUT2D eigenvalue weighted by Crippen LogP contribution is 2.48. The Hall–Kier alpha value is -3.24. The number of benzene rings is 2. The maximum Gasteiger partial charge on any atom is 0.326 e. The van der Waals surface area contributed by atoms with Crippen molar-refractivity contribution in [2.24, 2.45) is 5.41 Å². The number of rotatable bonds is 7. The number of H-pyrrole nitrogens is 1. The molecule has 0 radical (unpaired) electrons. The van der Waals surface area contributed by atoms with Crippen molar-refractivity contribution in [3.8, 4) is 0 Å². The predicted octanol–water partition coefficient (Wildman–Crippen LogP) is 5.04. The van der Waals surface area contributed by atoms with E-state index < -0.39 is 5.25 Å². The molecule has 3 aliphatic rings. The standard InChI is InChI=1S/C33H43N5O4S.H2/c1-33(2,3)14-17-37-30(40)28(43-31(37)24-8-4-6-10-26(24)35-18-20-42-21-19-35)22-29(39)36-15-12-23(13-16-36)38-27-11-7-5-9-25(27)34-32(38)41;/h4-11,23,28,31H,12-22H2,1-3H3,(H,34,41);1H. The second-order valence-corrected chi connectivity index (χ2v) is 14.4. The van der Waals surface area contributed by atoms with Crippen LogP contribution in [0.5, 0.6) is 0 Å². The van der Waals surface area contributed by atoms with Crippen molar-refractivity contribution in [1.82, 2.24) is 19.4 Å². The van der Waals surface area contributed by atoms with Crippen molar-refractivity contribution in [3.63, 3.8) is 0 Å². The molecule has 3 aromatic rings. The largest absolute Gasteiger partial charge is 0.378 e. The molecule has 0 saturated carbocycles. The van der Waals surface area contributed by atoms with Crippen LogP contribution in [0.25, 0.3) is 11.0 Å². The molecule has 1 N–H and O–H groups in total. The van der Waals surface area contributed by atoms with Crippen LogP contribution in [0.1, 0.15) is 64.9 Å². The number of morpholine rings is 1. The number of piperidine rings is 1. The van der Waals surface area contributed by atoms with Gasteiger partial charge in [0.25, 0.3) is 0 Å². The number of ether oxygens (including phenoxy) is 1. The van der Waals surface area contributed by atoms with E-state index in [9.17, 15) is 14.4 Å². The predicted molar refractivity (Wildman–Crippen MR) is 174 cm³/mol. The molecule has 3 aliphatic heterocycles. The molecule has 0 spiro atoms. The first-order valence-corrected chi connectivity index (χ1v) is 16.5. The summed E-state index contributed by atoms with van der Waals surface area (Å²) in [4.78, 5) is 49.5. The Morgan fingerprint density at radius 2 is 1.70 bits per heavy atom. The van der Waals surface area contributed by atoms with Crippen LogP contribution in [0, 0.1) is 5.41 Å². The highest BCUT2D eigenvalue weighted by molar-refractivity contribution is 8.01. The number of nitrogens with zero attached hydrogens (tertiary/aromatic N) is 4. The Morgan fingerprint density at radius 3 is 2.44 bits per heavy atom. The first-order chi connectivity index (χ1) is 20.7. The smallest absolute Gasteiger partial charge is 0.326 e. The number of anilines is 1. The lowest BCUT2D eigenvalue weighted by Gasteiger charge is -2.34. The van der Waals surface area contributed by atoms with Gasteiger partial charge in [-0.15, -0.1) is 11.8 Å². The third-order valence-electron chi connectivity index (χ3n) is 8.96. The van der Waals surface area contributed by atoms with Gasteiger partial charge >= 0.3 is 5.69 Å². The first kappa shape index (κ1) is 29.8. The average Bonchev–Trinajstić information content (AvgIpc) is 3.51. The lowest BCUT2D eigenvalue weighted by molar-refractivity contribution is -0.136. The number of hydrogen-bond donors (Lipinski definition) is 1. The van der Waals surface area contributed by atoms with Crippen LogP contribution in [0.2, 0.25) is 0 Å². The van der Waals surface area contributed by atoms with Crippen molar-refractivity contribution in [1.29, 1.82) is 0 Å². The normalized spacial score (nSPS) is 22.1. The lowest BCUT2D eigenvalue weighted by Crippen LogP contribution is -2.42. The number of nitrogens with one attached hydrogen (secondary N) is 1. The summed E-state index contributed by atoms with van der Waals surface area (Å²) >= 11 is 1.62. The van der Waals surface area contributed by atoms with Crippen LogP contribution in [0.4, 0.5) is 5.69 Å². The summed E-state index contributed by atoms with van der Waals surface area (Å²) in [5.74, 6) is 0.0815. The van der Waals surface area contributed by atoms with E-state index in [4.69, 9.17) is 4.74 Å². The molecule has 3 fully saturated rings. The van der Waals surface area contributed by atoms with Gasteiger partial charge < -0.3 is 24.4 Å². The van der Waals surface area contributed by atoms with Crippen LogP contribution in [-0.2, 0) is 14.3 Å². The summed E-state index contributed by atoms with van der Waals surface area (Å²) in [7, 11) is 0. The Balaban J connectivity index is 0.00000384.